The second-order valence-electron chi connectivity index (χ2n) is 8.59. The van der Waals surface area contributed by atoms with Gasteiger partial charge in [0.2, 0.25) is 0 Å². The molecule has 7 heteroatoms. The van der Waals surface area contributed by atoms with Crippen molar-refractivity contribution in [3.8, 4) is 0 Å². The largest absolute Gasteiger partial charge is 0.337 e. The fourth-order valence-electron chi connectivity index (χ4n) is 5.43. The van der Waals surface area contributed by atoms with Crippen molar-refractivity contribution in [1.29, 1.82) is 0 Å². The first-order valence-electron chi connectivity index (χ1n) is 10.6. The SMILES string of the molecule is O=C(c1ccc2n(c1=O)C[C@H]1C[C@@H]2CN(C2CCSCC2)C1)N1CCSCC1. The van der Waals surface area contributed by atoms with E-state index in [9.17, 15) is 9.59 Å². The van der Waals surface area contributed by atoms with Gasteiger partial charge in [-0.2, -0.15) is 23.5 Å². The van der Waals surface area contributed by atoms with Crippen LogP contribution in [0.1, 0.15) is 41.2 Å². The quantitative estimate of drug-likeness (QED) is 0.736. The van der Waals surface area contributed by atoms with Crippen LogP contribution in [0.3, 0.4) is 0 Å². The Bertz CT molecular complexity index is 799. The van der Waals surface area contributed by atoms with Crippen LogP contribution < -0.4 is 5.56 Å². The highest BCUT2D eigenvalue weighted by molar-refractivity contribution is 7.99. The van der Waals surface area contributed by atoms with E-state index >= 15 is 0 Å². The first kappa shape index (κ1) is 19.1. The topological polar surface area (TPSA) is 45.6 Å². The highest BCUT2D eigenvalue weighted by Crippen LogP contribution is 2.37. The summed E-state index contributed by atoms with van der Waals surface area (Å²) in [7, 11) is 0. The molecule has 0 saturated carbocycles. The molecule has 152 valence electrons. The van der Waals surface area contributed by atoms with E-state index in [4.69, 9.17) is 0 Å². The van der Waals surface area contributed by atoms with Crippen molar-refractivity contribution < 1.29 is 4.79 Å². The molecule has 4 aliphatic rings. The molecule has 1 amide bonds. The standard InChI is InChI=1S/C21H29N3O2S2/c25-20(22-5-9-28-10-6-22)18-1-2-19-16-11-15(13-24(19)21(18)26)12-23(14-16)17-3-7-27-8-4-17/h1-2,15-17H,3-14H2/t15-,16+/m0/s1. The van der Waals surface area contributed by atoms with Crippen LogP contribution in [0.25, 0.3) is 0 Å². The van der Waals surface area contributed by atoms with Gasteiger partial charge in [0.05, 0.1) is 0 Å². The van der Waals surface area contributed by atoms with E-state index in [0.29, 0.717) is 17.4 Å². The summed E-state index contributed by atoms with van der Waals surface area (Å²) in [5.74, 6) is 5.41. The van der Waals surface area contributed by atoms with Crippen molar-refractivity contribution in [3.05, 3.63) is 33.7 Å². The van der Waals surface area contributed by atoms with Crippen LogP contribution in [0.4, 0.5) is 0 Å². The Morgan fingerprint density at radius 3 is 2.50 bits per heavy atom. The molecule has 0 aromatic carbocycles. The lowest BCUT2D eigenvalue weighted by Gasteiger charge is -2.46. The summed E-state index contributed by atoms with van der Waals surface area (Å²) in [5.41, 5.74) is 1.47. The number of thioether (sulfide) groups is 2. The van der Waals surface area contributed by atoms with Gasteiger partial charge in [0, 0.05) is 61.9 Å². The molecule has 5 rings (SSSR count). The van der Waals surface area contributed by atoms with E-state index in [-0.39, 0.29) is 11.5 Å². The Labute approximate surface area is 175 Å². The summed E-state index contributed by atoms with van der Waals surface area (Å²) in [6.45, 7) is 4.47. The molecule has 0 spiro atoms. The number of carbonyl (C=O) groups excluding carboxylic acids is 1. The molecule has 1 aromatic heterocycles. The fourth-order valence-corrected chi connectivity index (χ4v) is 7.42. The monoisotopic (exact) mass is 419 g/mol. The Hall–Kier alpha value is -0.920. The lowest BCUT2D eigenvalue weighted by Crippen LogP contribution is -2.52. The van der Waals surface area contributed by atoms with Crippen molar-refractivity contribution in [2.45, 2.75) is 37.8 Å². The van der Waals surface area contributed by atoms with Gasteiger partial charge in [-0.3, -0.25) is 14.5 Å². The zero-order valence-electron chi connectivity index (χ0n) is 16.3. The molecule has 5 nitrogen and oxygen atoms in total. The minimum Gasteiger partial charge on any atom is -0.337 e. The average molecular weight is 420 g/mol. The van der Waals surface area contributed by atoms with Gasteiger partial charge in [0.15, 0.2) is 0 Å². The molecule has 5 heterocycles. The maximum atomic E-state index is 13.2. The number of fused-ring (bicyclic) bond motifs is 4. The number of piperidine rings is 1. The highest BCUT2D eigenvalue weighted by Gasteiger charge is 2.38. The van der Waals surface area contributed by atoms with Crippen molar-refractivity contribution >= 4 is 29.4 Å². The van der Waals surface area contributed by atoms with Crippen LogP contribution in [0.2, 0.25) is 0 Å². The van der Waals surface area contributed by atoms with Gasteiger partial charge < -0.3 is 9.47 Å². The van der Waals surface area contributed by atoms with Crippen molar-refractivity contribution in [2.24, 2.45) is 5.92 Å². The number of nitrogens with zero attached hydrogens (tertiary/aromatic N) is 3. The zero-order valence-corrected chi connectivity index (χ0v) is 18.0. The van der Waals surface area contributed by atoms with E-state index in [2.05, 4.69) is 22.7 Å². The summed E-state index contributed by atoms with van der Waals surface area (Å²) in [4.78, 5) is 30.7. The normalized spacial score (nSPS) is 28.8. The minimum absolute atomic E-state index is 0.0575. The predicted octanol–water partition coefficient (Wildman–Crippen LogP) is 2.35. The summed E-state index contributed by atoms with van der Waals surface area (Å²) in [6.07, 6.45) is 3.80. The summed E-state index contributed by atoms with van der Waals surface area (Å²) >= 11 is 3.96. The number of amides is 1. The summed E-state index contributed by atoms with van der Waals surface area (Å²) in [5, 5.41) is 0. The number of carbonyl (C=O) groups is 1. The van der Waals surface area contributed by atoms with Crippen molar-refractivity contribution in [3.63, 3.8) is 0 Å². The third kappa shape index (κ3) is 3.54. The molecule has 3 fully saturated rings. The van der Waals surface area contributed by atoms with Crippen LogP contribution in [0.15, 0.2) is 16.9 Å². The third-order valence-corrected chi connectivity index (χ3v) is 8.86. The van der Waals surface area contributed by atoms with Gasteiger partial charge in [-0.25, -0.2) is 0 Å². The van der Waals surface area contributed by atoms with E-state index < -0.39 is 0 Å². The molecular formula is C21H29N3O2S2. The Morgan fingerprint density at radius 1 is 0.964 bits per heavy atom. The number of hydrogen-bond acceptors (Lipinski definition) is 5. The third-order valence-electron chi connectivity index (χ3n) is 6.87. The van der Waals surface area contributed by atoms with Crippen LogP contribution in [-0.4, -0.2) is 75.5 Å². The second-order valence-corrected chi connectivity index (χ2v) is 11.0. The Morgan fingerprint density at radius 2 is 1.71 bits per heavy atom. The van der Waals surface area contributed by atoms with Crippen LogP contribution >= 0.6 is 23.5 Å². The van der Waals surface area contributed by atoms with Crippen LogP contribution in [0, 0.1) is 5.92 Å². The van der Waals surface area contributed by atoms with Gasteiger partial charge in [-0.1, -0.05) is 0 Å². The van der Waals surface area contributed by atoms with Crippen molar-refractivity contribution in [2.75, 3.05) is 49.2 Å². The minimum atomic E-state index is -0.0716. The van der Waals surface area contributed by atoms with Gasteiger partial charge in [0.25, 0.3) is 11.5 Å². The number of aromatic nitrogens is 1. The number of hydrogen-bond donors (Lipinski definition) is 0. The smallest absolute Gasteiger partial charge is 0.263 e. The molecule has 2 atom stereocenters. The predicted molar refractivity (Wildman–Crippen MR) is 117 cm³/mol. The maximum absolute atomic E-state index is 13.2. The number of pyridine rings is 1. The molecular weight excluding hydrogens is 390 g/mol. The maximum Gasteiger partial charge on any atom is 0.263 e. The first-order chi connectivity index (χ1) is 13.7. The molecule has 0 unspecified atom stereocenters. The molecule has 0 aliphatic carbocycles. The molecule has 1 aromatic rings. The lowest BCUT2D eigenvalue weighted by molar-refractivity contribution is 0.0743. The zero-order chi connectivity index (χ0) is 19.1. The molecule has 3 saturated heterocycles. The molecule has 2 bridgehead atoms. The van der Waals surface area contributed by atoms with E-state index in [1.54, 1.807) is 0 Å². The van der Waals surface area contributed by atoms with Gasteiger partial charge in [-0.15, -0.1) is 0 Å². The van der Waals surface area contributed by atoms with E-state index in [1.165, 1.54) is 30.8 Å². The van der Waals surface area contributed by atoms with Crippen LogP contribution in [0.5, 0.6) is 0 Å². The Kier molecular flexibility index (Phi) is 5.50. The number of likely N-dealkylation sites (tertiary alicyclic amines) is 1. The molecule has 4 aliphatic heterocycles. The van der Waals surface area contributed by atoms with Gasteiger partial charge in [-0.05, 0) is 48.8 Å². The summed E-state index contributed by atoms with van der Waals surface area (Å²) in [6, 6.07) is 4.62. The molecule has 0 N–H and O–H groups in total. The second kappa shape index (κ2) is 8.07. The highest BCUT2D eigenvalue weighted by atomic mass is 32.2. The molecule has 28 heavy (non-hydrogen) atoms. The molecule has 0 radical (unpaired) electrons. The lowest BCUT2D eigenvalue weighted by atomic mass is 9.82. The van der Waals surface area contributed by atoms with Crippen molar-refractivity contribution in [1.82, 2.24) is 14.4 Å². The fraction of sp³-hybridized carbons (Fsp3) is 0.714. The van der Waals surface area contributed by atoms with E-state index in [0.717, 1.165) is 56.0 Å². The first-order valence-corrected chi connectivity index (χ1v) is 12.9. The van der Waals surface area contributed by atoms with Crippen LogP contribution in [-0.2, 0) is 6.54 Å². The van der Waals surface area contributed by atoms with E-state index in [1.807, 2.05) is 27.3 Å². The van der Waals surface area contributed by atoms with Gasteiger partial charge >= 0.3 is 0 Å². The average Bonchev–Trinajstić information content (AvgIpc) is 2.75. The Balaban J connectivity index is 1.39. The van der Waals surface area contributed by atoms with Gasteiger partial charge in [0.1, 0.15) is 5.56 Å². The number of rotatable bonds is 2. The summed E-state index contributed by atoms with van der Waals surface area (Å²) < 4.78 is 1.94.